The maximum atomic E-state index is 11.5. The van der Waals surface area contributed by atoms with Gasteiger partial charge in [0.2, 0.25) is 5.91 Å². The normalized spacial score (nSPS) is 12.1. The molecular formula is C12H18N2O2. The van der Waals surface area contributed by atoms with Crippen molar-refractivity contribution in [2.24, 2.45) is 0 Å². The molecule has 0 saturated carbocycles. The number of rotatable bonds is 6. The number of carbonyl (C=O) groups is 1. The molecule has 0 aliphatic carbocycles. The molecule has 0 unspecified atom stereocenters. The number of benzene rings is 1. The Labute approximate surface area is 95.7 Å². The molecule has 4 nitrogen and oxygen atoms in total. The molecule has 0 saturated heterocycles. The summed E-state index contributed by atoms with van der Waals surface area (Å²) in [7, 11) is 1.80. The molecule has 0 aliphatic heterocycles. The van der Waals surface area contributed by atoms with E-state index in [0.29, 0.717) is 13.0 Å². The van der Waals surface area contributed by atoms with E-state index in [0.717, 1.165) is 5.56 Å². The van der Waals surface area contributed by atoms with Crippen LogP contribution in [0, 0.1) is 0 Å². The lowest BCUT2D eigenvalue weighted by Gasteiger charge is -2.16. The number of hydrogen-bond donors (Lipinski definition) is 3. The Hall–Kier alpha value is -1.39. The van der Waals surface area contributed by atoms with Crippen molar-refractivity contribution in [1.29, 1.82) is 0 Å². The summed E-state index contributed by atoms with van der Waals surface area (Å²) in [6.45, 7) is 0.550. The van der Waals surface area contributed by atoms with Crippen LogP contribution < -0.4 is 10.6 Å². The second kappa shape index (κ2) is 6.98. The molecule has 0 aliphatic rings. The summed E-state index contributed by atoms with van der Waals surface area (Å²) in [6, 6.07) is 9.14. The van der Waals surface area contributed by atoms with Gasteiger partial charge in [-0.1, -0.05) is 30.3 Å². The maximum absolute atomic E-state index is 11.5. The fourth-order valence-electron chi connectivity index (χ4n) is 1.42. The zero-order valence-electron chi connectivity index (χ0n) is 9.44. The Morgan fingerprint density at radius 3 is 2.62 bits per heavy atom. The molecule has 1 aromatic rings. The summed E-state index contributed by atoms with van der Waals surface area (Å²) in [4.78, 5) is 11.5. The molecule has 3 N–H and O–H groups in total. The van der Waals surface area contributed by atoms with Crippen molar-refractivity contribution < 1.29 is 9.90 Å². The summed E-state index contributed by atoms with van der Waals surface area (Å²) in [5.41, 5.74) is 0.919. The van der Waals surface area contributed by atoms with Crippen LogP contribution in [0.15, 0.2) is 30.3 Å². The molecule has 4 heteroatoms. The first-order valence-electron chi connectivity index (χ1n) is 5.37. The number of amides is 1. The minimum atomic E-state index is -0.314. The van der Waals surface area contributed by atoms with Crippen LogP contribution in [0.1, 0.15) is 18.0 Å². The highest BCUT2D eigenvalue weighted by atomic mass is 16.3. The van der Waals surface area contributed by atoms with Gasteiger partial charge in [-0.25, -0.2) is 0 Å². The Morgan fingerprint density at radius 1 is 1.38 bits per heavy atom. The van der Waals surface area contributed by atoms with E-state index in [2.05, 4.69) is 10.6 Å². The SMILES string of the molecule is CNCCC(=O)N[C@H](CO)c1ccccc1. The Balaban J connectivity index is 2.52. The van der Waals surface area contributed by atoms with Gasteiger partial charge >= 0.3 is 0 Å². The van der Waals surface area contributed by atoms with Gasteiger partial charge < -0.3 is 15.7 Å². The number of aliphatic hydroxyl groups excluding tert-OH is 1. The van der Waals surface area contributed by atoms with Crippen LogP contribution in [0.5, 0.6) is 0 Å². The van der Waals surface area contributed by atoms with E-state index in [1.54, 1.807) is 7.05 Å². The highest BCUT2D eigenvalue weighted by Crippen LogP contribution is 2.11. The van der Waals surface area contributed by atoms with E-state index in [-0.39, 0.29) is 18.6 Å². The average molecular weight is 222 g/mol. The third-order valence-corrected chi connectivity index (χ3v) is 2.32. The van der Waals surface area contributed by atoms with Gasteiger partial charge in [0.05, 0.1) is 12.6 Å². The molecule has 1 amide bonds. The summed E-state index contributed by atoms with van der Waals surface area (Å²) in [5.74, 6) is -0.0581. The lowest BCUT2D eigenvalue weighted by atomic mass is 10.1. The lowest BCUT2D eigenvalue weighted by molar-refractivity contribution is -0.122. The molecular weight excluding hydrogens is 204 g/mol. The summed E-state index contributed by atoms with van der Waals surface area (Å²) < 4.78 is 0. The lowest BCUT2D eigenvalue weighted by Crippen LogP contribution is -2.32. The molecule has 0 spiro atoms. The second-order valence-electron chi connectivity index (χ2n) is 3.57. The number of hydrogen-bond acceptors (Lipinski definition) is 3. The molecule has 1 rings (SSSR count). The standard InChI is InChI=1S/C12H18N2O2/c1-13-8-7-12(16)14-11(9-15)10-5-3-2-4-6-10/h2-6,11,13,15H,7-9H2,1H3,(H,14,16)/t11-/m1/s1. The van der Waals surface area contributed by atoms with Gasteiger partial charge in [-0.15, -0.1) is 0 Å². The van der Waals surface area contributed by atoms with E-state index in [1.807, 2.05) is 30.3 Å². The molecule has 0 heterocycles. The van der Waals surface area contributed by atoms with E-state index in [9.17, 15) is 9.90 Å². The van der Waals surface area contributed by atoms with Gasteiger partial charge in [0, 0.05) is 13.0 Å². The average Bonchev–Trinajstić information content (AvgIpc) is 2.34. The molecule has 0 bridgehead atoms. The molecule has 1 atom stereocenters. The fourth-order valence-corrected chi connectivity index (χ4v) is 1.42. The van der Waals surface area contributed by atoms with Gasteiger partial charge in [0.1, 0.15) is 0 Å². The third-order valence-electron chi connectivity index (χ3n) is 2.32. The van der Waals surface area contributed by atoms with Gasteiger partial charge in [0.15, 0.2) is 0 Å². The largest absolute Gasteiger partial charge is 0.394 e. The zero-order valence-corrected chi connectivity index (χ0v) is 9.44. The Kier molecular flexibility index (Phi) is 5.53. The maximum Gasteiger partial charge on any atom is 0.221 e. The van der Waals surface area contributed by atoms with Crippen LogP contribution in [0.2, 0.25) is 0 Å². The van der Waals surface area contributed by atoms with Gasteiger partial charge in [-0.3, -0.25) is 4.79 Å². The van der Waals surface area contributed by atoms with Crippen molar-refractivity contribution in [1.82, 2.24) is 10.6 Å². The first-order valence-corrected chi connectivity index (χ1v) is 5.37. The highest BCUT2D eigenvalue weighted by molar-refractivity contribution is 5.76. The zero-order chi connectivity index (χ0) is 11.8. The number of carbonyl (C=O) groups excluding carboxylic acids is 1. The van der Waals surface area contributed by atoms with Crippen LogP contribution in [-0.2, 0) is 4.79 Å². The monoisotopic (exact) mass is 222 g/mol. The van der Waals surface area contributed by atoms with Crippen LogP contribution >= 0.6 is 0 Å². The van der Waals surface area contributed by atoms with Crippen LogP contribution in [0.25, 0.3) is 0 Å². The third kappa shape index (κ3) is 4.00. The quantitative estimate of drug-likeness (QED) is 0.654. The van der Waals surface area contributed by atoms with Crippen LogP contribution in [0.4, 0.5) is 0 Å². The molecule has 16 heavy (non-hydrogen) atoms. The summed E-state index contributed by atoms with van der Waals surface area (Å²) in [5, 5.41) is 14.9. The molecule has 88 valence electrons. The van der Waals surface area contributed by atoms with Crippen molar-refractivity contribution in [2.75, 3.05) is 20.2 Å². The second-order valence-corrected chi connectivity index (χ2v) is 3.57. The van der Waals surface area contributed by atoms with Gasteiger partial charge in [0.25, 0.3) is 0 Å². The molecule has 0 fully saturated rings. The highest BCUT2D eigenvalue weighted by Gasteiger charge is 2.12. The van der Waals surface area contributed by atoms with Crippen molar-refractivity contribution >= 4 is 5.91 Å². The first-order chi connectivity index (χ1) is 7.77. The van der Waals surface area contributed by atoms with Crippen molar-refractivity contribution in [2.45, 2.75) is 12.5 Å². The molecule has 0 radical (unpaired) electrons. The molecule has 1 aromatic carbocycles. The van der Waals surface area contributed by atoms with E-state index < -0.39 is 0 Å². The van der Waals surface area contributed by atoms with E-state index in [1.165, 1.54) is 0 Å². The van der Waals surface area contributed by atoms with E-state index >= 15 is 0 Å². The van der Waals surface area contributed by atoms with Crippen molar-refractivity contribution in [3.05, 3.63) is 35.9 Å². The smallest absolute Gasteiger partial charge is 0.221 e. The topological polar surface area (TPSA) is 61.4 Å². The number of nitrogens with one attached hydrogen (secondary N) is 2. The first kappa shape index (κ1) is 12.7. The molecule has 0 aromatic heterocycles. The van der Waals surface area contributed by atoms with Crippen LogP contribution in [0.3, 0.4) is 0 Å². The summed E-state index contributed by atoms with van der Waals surface area (Å²) in [6.07, 6.45) is 0.417. The predicted octanol–water partition coefficient (Wildman–Crippen LogP) is 0.446. The van der Waals surface area contributed by atoms with Gasteiger partial charge in [-0.2, -0.15) is 0 Å². The summed E-state index contributed by atoms with van der Waals surface area (Å²) >= 11 is 0. The van der Waals surface area contributed by atoms with Gasteiger partial charge in [-0.05, 0) is 12.6 Å². The van der Waals surface area contributed by atoms with E-state index in [4.69, 9.17) is 0 Å². The van der Waals surface area contributed by atoms with Crippen molar-refractivity contribution in [3.63, 3.8) is 0 Å². The minimum absolute atomic E-state index is 0.0581. The fraction of sp³-hybridized carbons (Fsp3) is 0.417. The Morgan fingerprint density at radius 2 is 2.06 bits per heavy atom. The number of aliphatic hydroxyl groups is 1. The van der Waals surface area contributed by atoms with Crippen molar-refractivity contribution in [3.8, 4) is 0 Å². The minimum Gasteiger partial charge on any atom is -0.394 e. The predicted molar refractivity (Wildman–Crippen MR) is 63.0 cm³/mol. The van der Waals surface area contributed by atoms with Crippen LogP contribution in [-0.4, -0.2) is 31.2 Å². The Bertz CT molecular complexity index is 314.